The number of phosphoric ester groups is 1. The highest BCUT2D eigenvalue weighted by Gasteiger charge is 2.44. The van der Waals surface area contributed by atoms with E-state index in [4.69, 9.17) is 20.3 Å². The van der Waals surface area contributed by atoms with E-state index in [0.29, 0.717) is 24.4 Å². The third-order valence-corrected chi connectivity index (χ3v) is 19.5. The molecule has 3 aromatic carbocycles. The second-order valence-corrected chi connectivity index (χ2v) is 26.4. The number of nitrogens with one attached hydrogen (secondary N) is 1. The molecule has 0 bridgehead atoms. The standard InChI is InChI=1S/C54H68N7O14P3/c1-8-61-44-29-43-41(28-40(44)33(2)30-53(61,3)4)47(42-27-34-16-12-25-59-26-13-19-39(49(34)59)48(42)54(43,5)6)37-17-9-10-18-38(37)51(63)58(7)24-14-20-45(62)56-23-11-15-35-31-60(52(64)57-50(35)55)46-22-21-36(73-46)32-72-77(68,69)75-78(70,71)74-76(65,66)67/h9-10,17-18,27-29,31,33,36,46H,8,12-14,16,19-26,30,32H2,1-7H3,(H6-,55,56,57,62,64,65,66,67,68,69,70,71)/p+1/t33?,36-,46+/m0/s1. The number of nitrogen functional groups attached to an aromatic ring is 1. The summed E-state index contributed by atoms with van der Waals surface area (Å²) in [5.74, 6) is 5.36. The molecule has 1 fully saturated rings. The quantitative estimate of drug-likeness (QED) is 0.0475. The Kier molecular flexibility index (Phi) is 16.2. The summed E-state index contributed by atoms with van der Waals surface area (Å²) in [6, 6.07) is 15.4. The Morgan fingerprint density at radius 2 is 1.73 bits per heavy atom. The first-order valence-corrected chi connectivity index (χ1v) is 30.9. The van der Waals surface area contributed by atoms with Crippen molar-refractivity contribution < 1.29 is 60.7 Å². The van der Waals surface area contributed by atoms with Gasteiger partial charge in [0.1, 0.15) is 25.1 Å². The number of hydrogen-bond donors (Lipinski definition) is 6. The minimum absolute atomic E-state index is 0.00528. The number of nitrogens with two attached hydrogens (primary N) is 1. The van der Waals surface area contributed by atoms with Crippen molar-refractivity contribution in [2.75, 3.05) is 57.0 Å². The number of aromatic nitrogens is 2. The van der Waals surface area contributed by atoms with E-state index < -0.39 is 48.1 Å². The molecule has 0 spiro atoms. The molecule has 1 saturated heterocycles. The summed E-state index contributed by atoms with van der Waals surface area (Å²) >= 11 is 0. The van der Waals surface area contributed by atoms with Crippen molar-refractivity contribution in [2.24, 2.45) is 0 Å². The normalized spacial score (nSPS) is 21.4. The molecular formula is C54H69N7O14P3+. The molecule has 0 saturated carbocycles. The lowest BCUT2D eigenvalue weighted by molar-refractivity contribution is -0.121. The van der Waals surface area contributed by atoms with Gasteiger partial charge in [-0.1, -0.05) is 50.8 Å². The van der Waals surface area contributed by atoms with Crippen LogP contribution in [0.4, 0.5) is 11.5 Å². The summed E-state index contributed by atoms with van der Waals surface area (Å²) in [7, 11) is -14.9. The Morgan fingerprint density at radius 1 is 1.00 bits per heavy atom. The molecule has 21 nitrogen and oxygen atoms in total. The van der Waals surface area contributed by atoms with Crippen LogP contribution in [0.3, 0.4) is 0 Å². The first kappa shape index (κ1) is 57.4. The van der Waals surface area contributed by atoms with Crippen LogP contribution in [-0.4, -0.2) is 104 Å². The molecule has 24 heteroatoms. The highest BCUT2D eigenvalue weighted by molar-refractivity contribution is 7.66. The second kappa shape index (κ2) is 22.0. The second-order valence-electron chi connectivity index (χ2n) is 22.0. The highest BCUT2D eigenvalue weighted by atomic mass is 31.3. The third kappa shape index (κ3) is 11.8. The van der Waals surface area contributed by atoms with Crippen LogP contribution in [0.15, 0.2) is 53.5 Å². The number of carbonyl (C=O) groups excluding carboxylic acids is 2. The van der Waals surface area contributed by atoms with E-state index in [2.05, 4.69) is 111 Å². The molecule has 9 rings (SSSR count). The van der Waals surface area contributed by atoms with Crippen LogP contribution in [0.25, 0.3) is 5.57 Å². The molecule has 418 valence electrons. The van der Waals surface area contributed by atoms with Gasteiger partial charge in [-0.15, -0.1) is 0 Å². The highest BCUT2D eigenvalue weighted by Crippen LogP contribution is 2.66. The molecule has 2 amide bonds. The number of nitrogens with zero attached hydrogens (tertiary/aromatic N) is 5. The molecule has 5 aliphatic rings. The van der Waals surface area contributed by atoms with Crippen molar-refractivity contribution in [2.45, 2.75) is 129 Å². The van der Waals surface area contributed by atoms with Gasteiger partial charge in [-0.3, -0.25) is 18.7 Å². The molecule has 5 atom stereocenters. The van der Waals surface area contributed by atoms with Gasteiger partial charge >= 0.3 is 29.2 Å². The monoisotopic (exact) mass is 1130 g/mol. The molecule has 3 unspecified atom stereocenters. The van der Waals surface area contributed by atoms with Gasteiger partial charge in [-0.2, -0.15) is 13.6 Å². The number of hydrogen-bond acceptors (Lipinski definition) is 13. The fraction of sp³-hybridized carbons (Fsp3) is 0.500. The van der Waals surface area contributed by atoms with Gasteiger partial charge in [0.2, 0.25) is 11.3 Å². The molecule has 4 aromatic rings. The zero-order valence-electron chi connectivity index (χ0n) is 45.0. The Labute approximate surface area is 452 Å². The van der Waals surface area contributed by atoms with Crippen LogP contribution in [0.1, 0.15) is 153 Å². The van der Waals surface area contributed by atoms with Crippen LogP contribution in [0.2, 0.25) is 0 Å². The van der Waals surface area contributed by atoms with E-state index >= 15 is 0 Å². The number of anilines is 2. The first-order valence-electron chi connectivity index (χ1n) is 26.4. The van der Waals surface area contributed by atoms with E-state index in [1.807, 2.05) is 18.2 Å². The van der Waals surface area contributed by atoms with E-state index in [1.54, 1.807) is 11.9 Å². The predicted octanol–water partition coefficient (Wildman–Crippen LogP) is 5.25. The molecule has 1 aromatic heterocycles. The molecule has 7 N–H and O–H groups in total. The van der Waals surface area contributed by atoms with Crippen molar-refractivity contribution in [3.05, 3.63) is 120 Å². The van der Waals surface area contributed by atoms with Gasteiger partial charge in [0.05, 0.1) is 24.8 Å². The van der Waals surface area contributed by atoms with Gasteiger partial charge in [0, 0.05) is 78.9 Å². The number of aryl methyl sites for hydroxylation is 1. The summed E-state index contributed by atoms with van der Waals surface area (Å²) in [5, 5.41) is 5.42. The average Bonchev–Trinajstić information content (AvgIpc) is 3.96. The fourth-order valence-electron chi connectivity index (χ4n) is 12.5. The largest absolute Gasteiger partial charge is 0.490 e. The van der Waals surface area contributed by atoms with Gasteiger partial charge in [0.15, 0.2) is 0 Å². The van der Waals surface area contributed by atoms with Gasteiger partial charge < -0.3 is 45.2 Å². The lowest BCUT2D eigenvalue weighted by atomic mass is 9.64. The van der Waals surface area contributed by atoms with Gasteiger partial charge in [-0.25, -0.2) is 23.1 Å². The summed E-state index contributed by atoms with van der Waals surface area (Å²) < 4.78 is 56.3. The topological polar surface area (TPSA) is 286 Å². The van der Waals surface area contributed by atoms with Crippen LogP contribution in [-0.2, 0) is 54.6 Å². The number of benzene rings is 3. The van der Waals surface area contributed by atoms with E-state index in [0.717, 1.165) is 67.4 Å². The van der Waals surface area contributed by atoms with Crippen molar-refractivity contribution >= 4 is 52.4 Å². The summed E-state index contributed by atoms with van der Waals surface area (Å²) in [5.41, 5.74) is 17.0. The molecule has 5 heterocycles. The van der Waals surface area contributed by atoms with Crippen molar-refractivity contribution in [3.63, 3.8) is 0 Å². The molecule has 78 heavy (non-hydrogen) atoms. The number of carbonyl (C=O) groups is 2. The number of ether oxygens (including phenoxy) is 1. The minimum Gasteiger partial charge on any atom is -0.382 e. The van der Waals surface area contributed by atoms with E-state index in [1.165, 1.54) is 55.8 Å². The van der Waals surface area contributed by atoms with Crippen LogP contribution in [0.5, 0.6) is 0 Å². The lowest BCUT2D eigenvalue weighted by Gasteiger charge is -2.48. The van der Waals surface area contributed by atoms with Crippen molar-refractivity contribution in [1.29, 1.82) is 0 Å². The SMILES string of the molecule is CCN1c2cc3c(cc2C(C)CC1(C)C)C(c1ccccc1C(=O)N(C)CCCC(=O)NCC#Cc1cn([C@H]2CC[C@@H](COP(=O)(O)OP(=O)(O)OP(=O)(O)O)O2)c(=O)nc1N)=c1cc2c4c(c1C3(C)C)CCC[N+]=4CCC2. The number of rotatable bonds is 16. The Morgan fingerprint density at radius 3 is 2.46 bits per heavy atom. The molecular weight excluding hydrogens is 1060 g/mol. The Hall–Kier alpha value is -5.32. The van der Waals surface area contributed by atoms with E-state index in [-0.39, 0.29) is 60.0 Å². The zero-order valence-corrected chi connectivity index (χ0v) is 47.7. The maximum atomic E-state index is 14.8. The molecule has 0 radical (unpaired) electrons. The maximum absolute atomic E-state index is 14.8. The van der Waals surface area contributed by atoms with Crippen LogP contribution < -0.4 is 36.8 Å². The third-order valence-electron chi connectivity index (χ3n) is 15.7. The van der Waals surface area contributed by atoms with E-state index in [9.17, 15) is 37.9 Å². The van der Waals surface area contributed by atoms with Gasteiger partial charge in [0.25, 0.3) is 5.91 Å². The van der Waals surface area contributed by atoms with Crippen LogP contribution >= 0.6 is 23.5 Å². The lowest BCUT2D eigenvalue weighted by Crippen LogP contribution is -2.50. The van der Waals surface area contributed by atoms with Crippen molar-refractivity contribution in [1.82, 2.24) is 24.3 Å². The molecule has 4 aliphatic heterocycles. The number of fused-ring (bicyclic) bond motifs is 4. The zero-order chi connectivity index (χ0) is 56.3. The number of amides is 2. The summed E-state index contributed by atoms with van der Waals surface area (Å²) in [4.78, 5) is 85.5. The average molecular weight is 1130 g/mol. The Balaban J connectivity index is 0.883. The number of phosphoric acid groups is 3. The van der Waals surface area contributed by atoms with Crippen LogP contribution in [0, 0.1) is 11.8 Å². The first-order chi connectivity index (χ1) is 36.7. The minimum atomic E-state index is -5.71. The predicted molar refractivity (Wildman–Crippen MR) is 292 cm³/mol. The Bertz CT molecular complexity index is 3510. The van der Waals surface area contributed by atoms with Crippen molar-refractivity contribution in [3.8, 4) is 11.8 Å². The summed E-state index contributed by atoms with van der Waals surface area (Å²) in [6.45, 7) is 16.7. The van der Waals surface area contributed by atoms with Gasteiger partial charge in [-0.05, 0) is 128 Å². The maximum Gasteiger partial charge on any atom is 0.490 e. The fourth-order valence-corrected chi connectivity index (χ4v) is 15.6. The summed E-state index contributed by atoms with van der Waals surface area (Å²) in [6.07, 6.45) is 5.55. The smallest absolute Gasteiger partial charge is 0.382 e. The molecule has 1 aliphatic carbocycles.